The highest BCUT2D eigenvalue weighted by molar-refractivity contribution is 7.89. The molecule has 0 aliphatic rings. The van der Waals surface area contributed by atoms with Gasteiger partial charge in [0.25, 0.3) is 0 Å². The van der Waals surface area contributed by atoms with Gasteiger partial charge in [0, 0.05) is 24.3 Å². The van der Waals surface area contributed by atoms with Crippen molar-refractivity contribution in [1.82, 2.24) is 20.2 Å². The lowest BCUT2D eigenvalue weighted by Gasteiger charge is -2.14. The molecule has 0 aliphatic heterocycles. The van der Waals surface area contributed by atoms with E-state index in [1.807, 2.05) is 19.9 Å². The molecular formula is C14H20N4O2S. The van der Waals surface area contributed by atoms with Gasteiger partial charge >= 0.3 is 0 Å². The van der Waals surface area contributed by atoms with Crippen LogP contribution in [0.4, 0.5) is 0 Å². The minimum Gasteiger partial charge on any atom is -0.310 e. The van der Waals surface area contributed by atoms with Crippen molar-refractivity contribution >= 4 is 10.0 Å². The number of nitrogens with zero attached hydrogens (tertiary/aromatic N) is 1. The minimum atomic E-state index is -3.53. The van der Waals surface area contributed by atoms with Crippen LogP contribution in [0.2, 0.25) is 0 Å². The van der Waals surface area contributed by atoms with Gasteiger partial charge in [0.2, 0.25) is 10.0 Å². The van der Waals surface area contributed by atoms with Crippen molar-refractivity contribution in [3.8, 4) is 0 Å². The molecule has 0 fully saturated rings. The number of sulfonamides is 1. The van der Waals surface area contributed by atoms with Gasteiger partial charge in [-0.25, -0.2) is 13.1 Å². The van der Waals surface area contributed by atoms with Gasteiger partial charge in [-0.2, -0.15) is 5.10 Å². The number of aromatic amines is 1. The third-order valence-electron chi connectivity index (χ3n) is 3.20. The molecule has 0 saturated carbocycles. The molecule has 0 spiro atoms. The monoisotopic (exact) mass is 308 g/mol. The van der Waals surface area contributed by atoms with Crippen LogP contribution in [0.15, 0.2) is 41.6 Å². The molecule has 0 aliphatic carbocycles. The fourth-order valence-electron chi connectivity index (χ4n) is 2.01. The van der Waals surface area contributed by atoms with Crippen molar-refractivity contribution in [2.24, 2.45) is 0 Å². The Bertz CT molecular complexity index is 668. The number of aromatic nitrogens is 2. The number of rotatable bonds is 7. The number of H-pyrrole nitrogens is 1. The van der Waals surface area contributed by atoms with Crippen molar-refractivity contribution < 1.29 is 8.42 Å². The Morgan fingerprint density at radius 1 is 1.38 bits per heavy atom. The van der Waals surface area contributed by atoms with Crippen molar-refractivity contribution in [2.45, 2.75) is 31.3 Å². The Hall–Kier alpha value is -1.70. The molecular weight excluding hydrogens is 288 g/mol. The second-order valence-electron chi connectivity index (χ2n) is 4.78. The molecule has 1 atom stereocenters. The van der Waals surface area contributed by atoms with Crippen LogP contribution in [-0.4, -0.2) is 25.2 Å². The lowest BCUT2D eigenvalue weighted by Crippen LogP contribution is -2.24. The molecule has 0 amide bonds. The van der Waals surface area contributed by atoms with E-state index in [4.69, 9.17) is 0 Å². The lowest BCUT2D eigenvalue weighted by atomic mass is 10.1. The summed E-state index contributed by atoms with van der Waals surface area (Å²) in [6, 6.07) is 7.09. The maximum atomic E-state index is 12.3. The van der Waals surface area contributed by atoms with E-state index in [0.717, 1.165) is 17.7 Å². The zero-order valence-corrected chi connectivity index (χ0v) is 12.9. The highest BCUT2D eigenvalue weighted by Gasteiger charge is 2.15. The molecule has 21 heavy (non-hydrogen) atoms. The normalized spacial score (nSPS) is 13.2. The van der Waals surface area contributed by atoms with Crippen molar-refractivity contribution in [3.63, 3.8) is 0 Å². The van der Waals surface area contributed by atoms with Gasteiger partial charge in [-0.05, 0) is 31.2 Å². The van der Waals surface area contributed by atoms with E-state index in [-0.39, 0.29) is 17.5 Å². The third kappa shape index (κ3) is 4.13. The maximum absolute atomic E-state index is 12.3. The lowest BCUT2D eigenvalue weighted by molar-refractivity contribution is 0.578. The van der Waals surface area contributed by atoms with E-state index in [1.54, 1.807) is 30.6 Å². The molecule has 0 radical (unpaired) electrons. The summed E-state index contributed by atoms with van der Waals surface area (Å²) >= 11 is 0. The first-order valence-corrected chi connectivity index (χ1v) is 8.32. The quantitative estimate of drug-likeness (QED) is 0.724. The van der Waals surface area contributed by atoms with Crippen LogP contribution in [0, 0.1) is 0 Å². The Morgan fingerprint density at radius 2 is 2.19 bits per heavy atom. The average molecular weight is 308 g/mol. The highest BCUT2D eigenvalue weighted by atomic mass is 32.2. The van der Waals surface area contributed by atoms with Gasteiger partial charge in [-0.3, -0.25) is 5.10 Å². The first-order valence-electron chi connectivity index (χ1n) is 6.83. The predicted molar refractivity (Wildman–Crippen MR) is 81.1 cm³/mol. The second-order valence-corrected chi connectivity index (χ2v) is 6.55. The molecule has 1 aromatic heterocycles. The maximum Gasteiger partial charge on any atom is 0.240 e. The van der Waals surface area contributed by atoms with Gasteiger partial charge in [0.05, 0.1) is 11.1 Å². The Balaban J connectivity index is 2.14. The van der Waals surface area contributed by atoms with Gasteiger partial charge < -0.3 is 5.32 Å². The van der Waals surface area contributed by atoms with Crippen molar-refractivity contribution in [2.75, 3.05) is 6.54 Å². The molecule has 1 aromatic carbocycles. The van der Waals surface area contributed by atoms with Crippen LogP contribution < -0.4 is 10.0 Å². The minimum absolute atomic E-state index is 0.110. The predicted octanol–water partition coefficient (Wildman–Crippen LogP) is 1.56. The van der Waals surface area contributed by atoms with Crippen molar-refractivity contribution in [3.05, 3.63) is 47.8 Å². The summed E-state index contributed by atoms with van der Waals surface area (Å²) in [5.41, 5.74) is 1.73. The third-order valence-corrected chi connectivity index (χ3v) is 4.60. The molecule has 2 rings (SSSR count). The van der Waals surface area contributed by atoms with Crippen LogP contribution >= 0.6 is 0 Å². The number of hydrogen-bond donors (Lipinski definition) is 3. The van der Waals surface area contributed by atoms with Crippen LogP contribution in [0.1, 0.15) is 31.0 Å². The van der Waals surface area contributed by atoms with Gasteiger partial charge in [-0.15, -0.1) is 0 Å². The van der Waals surface area contributed by atoms with E-state index >= 15 is 0 Å². The van der Waals surface area contributed by atoms with E-state index in [2.05, 4.69) is 20.2 Å². The summed E-state index contributed by atoms with van der Waals surface area (Å²) in [6.45, 7) is 5.07. The SMILES string of the molecule is CCNC(C)c1cccc(S(=O)(=O)NCc2cn[nH]c2)c1. The number of nitrogens with one attached hydrogen (secondary N) is 3. The molecule has 1 unspecified atom stereocenters. The van der Waals surface area contributed by atoms with E-state index in [1.165, 1.54) is 0 Å². The Morgan fingerprint density at radius 3 is 2.86 bits per heavy atom. The fourth-order valence-corrected chi connectivity index (χ4v) is 3.08. The second kappa shape index (κ2) is 6.84. The Labute approximate surface area is 125 Å². The van der Waals surface area contributed by atoms with Crippen LogP contribution in [0.3, 0.4) is 0 Å². The standard InChI is InChI=1S/C14H20N4O2S/c1-3-15-11(2)13-5-4-6-14(7-13)21(19,20)18-10-12-8-16-17-9-12/h4-9,11,15,18H,3,10H2,1-2H3,(H,16,17). The molecule has 2 aromatic rings. The largest absolute Gasteiger partial charge is 0.310 e. The van der Waals surface area contributed by atoms with Gasteiger partial charge in [-0.1, -0.05) is 19.1 Å². The average Bonchev–Trinajstić information content (AvgIpc) is 2.99. The zero-order valence-electron chi connectivity index (χ0n) is 12.1. The first kappa shape index (κ1) is 15.7. The van der Waals surface area contributed by atoms with E-state index < -0.39 is 10.0 Å². The zero-order chi connectivity index (χ0) is 15.3. The van der Waals surface area contributed by atoms with Crippen molar-refractivity contribution in [1.29, 1.82) is 0 Å². The molecule has 7 heteroatoms. The summed E-state index contributed by atoms with van der Waals surface area (Å²) in [7, 11) is -3.53. The van der Waals surface area contributed by atoms with Crippen LogP contribution in [-0.2, 0) is 16.6 Å². The van der Waals surface area contributed by atoms with E-state index in [9.17, 15) is 8.42 Å². The summed E-state index contributed by atoms with van der Waals surface area (Å²) in [5, 5.41) is 9.70. The Kier molecular flexibility index (Phi) is 5.11. The molecule has 0 bridgehead atoms. The number of hydrogen-bond acceptors (Lipinski definition) is 4. The molecule has 6 nitrogen and oxygen atoms in total. The smallest absolute Gasteiger partial charge is 0.240 e. The summed E-state index contributed by atoms with van der Waals surface area (Å²) in [5.74, 6) is 0. The summed E-state index contributed by atoms with van der Waals surface area (Å²) < 4.78 is 27.2. The summed E-state index contributed by atoms with van der Waals surface area (Å²) in [4.78, 5) is 0.272. The highest BCUT2D eigenvalue weighted by Crippen LogP contribution is 2.17. The fraction of sp³-hybridized carbons (Fsp3) is 0.357. The topological polar surface area (TPSA) is 86.9 Å². The molecule has 1 heterocycles. The van der Waals surface area contributed by atoms with Crippen LogP contribution in [0.5, 0.6) is 0 Å². The molecule has 114 valence electrons. The first-order chi connectivity index (χ1) is 10.0. The number of benzene rings is 1. The summed E-state index contributed by atoms with van der Waals surface area (Å²) in [6.07, 6.45) is 3.25. The van der Waals surface area contributed by atoms with Crippen LogP contribution in [0.25, 0.3) is 0 Å². The molecule has 0 saturated heterocycles. The van der Waals surface area contributed by atoms with Gasteiger partial charge in [0.15, 0.2) is 0 Å². The van der Waals surface area contributed by atoms with Gasteiger partial charge in [0.1, 0.15) is 0 Å². The molecule has 3 N–H and O–H groups in total. The van der Waals surface area contributed by atoms with E-state index in [0.29, 0.717) is 0 Å².